The number of hydrogen-bond acceptors (Lipinski definition) is 2. The zero-order valence-electron chi connectivity index (χ0n) is 5.95. The molecule has 56 valence electrons. The van der Waals surface area contributed by atoms with E-state index in [1.807, 2.05) is 0 Å². The zero-order chi connectivity index (χ0) is 7.68. The largest absolute Gasteiger partial charge is 0.174 e. The minimum absolute atomic E-state index is 0.837. The van der Waals surface area contributed by atoms with Gasteiger partial charge in [-0.2, -0.15) is 12.6 Å². The molecule has 2 rings (SSSR count). The summed E-state index contributed by atoms with van der Waals surface area (Å²) in [5.74, 6) is 0.837. The van der Waals surface area contributed by atoms with Crippen molar-refractivity contribution >= 4 is 34.1 Å². The van der Waals surface area contributed by atoms with Gasteiger partial charge in [0.15, 0.2) is 0 Å². The highest BCUT2D eigenvalue weighted by molar-refractivity contribution is 7.79. The molecule has 1 aromatic heterocycles. The summed E-state index contributed by atoms with van der Waals surface area (Å²) in [6.07, 6.45) is 0. The van der Waals surface area contributed by atoms with Gasteiger partial charge in [-0.05, 0) is 22.4 Å². The lowest BCUT2D eigenvalue weighted by molar-refractivity contribution is 1.53. The summed E-state index contributed by atoms with van der Waals surface area (Å²) < 4.78 is 1.36. The van der Waals surface area contributed by atoms with Crippen LogP contribution in [0.15, 0.2) is 29.6 Å². The average molecular weight is 180 g/mol. The SMILES string of the molecule is SCc1csc2ccccc12. The minimum atomic E-state index is 0.837. The second kappa shape index (κ2) is 2.88. The number of thiophene rings is 1. The molecule has 0 unspecified atom stereocenters. The Balaban J connectivity index is 2.76. The molecule has 0 saturated heterocycles. The predicted molar refractivity (Wildman–Crippen MR) is 54.5 cm³/mol. The summed E-state index contributed by atoms with van der Waals surface area (Å²) >= 11 is 6.05. The molecule has 0 aliphatic rings. The summed E-state index contributed by atoms with van der Waals surface area (Å²) in [5, 5.41) is 3.53. The summed E-state index contributed by atoms with van der Waals surface area (Å²) in [5.41, 5.74) is 1.34. The normalized spacial score (nSPS) is 10.6. The molecule has 0 aliphatic carbocycles. The van der Waals surface area contributed by atoms with Gasteiger partial charge < -0.3 is 0 Å². The molecule has 0 nitrogen and oxygen atoms in total. The second-order valence-electron chi connectivity index (χ2n) is 2.42. The molecule has 0 saturated carbocycles. The van der Waals surface area contributed by atoms with Crippen molar-refractivity contribution in [1.29, 1.82) is 0 Å². The van der Waals surface area contributed by atoms with Gasteiger partial charge in [0.2, 0.25) is 0 Å². The Morgan fingerprint density at radius 1 is 1.27 bits per heavy atom. The molecule has 0 bridgehead atoms. The predicted octanol–water partition coefficient (Wildman–Crippen LogP) is 3.33. The van der Waals surface area contributed by atoms with Gasteiger partial charge in [0.05, 0.1) is 0 Å². The van der Waals surface area contributed by atoms with Crippen LogP contribution in [0.1, 0.15) is 5.56 Å². The highest BCUT2D eigenvalue weighted by atomic mass is 32.1. The van der Waals surface area contributed by atoms with E-state index in [1.165, 1.54) is 15.6 Å². The first-order chi connectivity index (χ1) is 5.42. The van der Waals surface area contributed by atoms with E-state index in [2.05, 4.69) is 42.3 Å². The van der Waals surface area contributed by atoms with Crippen LogP contribution in [0.25, 0.3) is 10.1 Å². The van der Waals surface area contributed by atoms with E-state index in [4.69, 9.17) is 0 Å². The number of fused-ring (bicyclic) bond motifs is 1. The minimum Gasteiger partial charge on any atom is -0.174 e. The topological polar surface area (TPSA) is 0 Å². The van der Waals surface area contributed by atoms with Crippen molar-refractivity contribution < 1.29 is 0 Å². The van der Waals surface area contributed by atoms with Crippen LogP contribution in [-0.4, -0.2) is 0 Å². The fourth-order valence-electron chi connectivity index (χ4n) is 1.16. The fourth-order valence-corrected chi connectivity index (χ4v) is 2.50. The van der Waals surface area contributed by atoms with Crippen LogP contribution in [0.5, 0.6) is 0 Å². The molecule has 0 radical (unpaired) electrons. The summed E-state index contributed by atoms with van der Waals surface area (Å²) in [4.78, 5) is 0. The van der Waals surface area contributed by atoms with Gasteiger partial charge in [-0.1, -0.05) is 18.2 Å². The van der Waals surface area contributed by atoms with Crippen LogP contribution in [0.2, 0.25) is 0 Å². The van der Waals surface area contributed by atoms with E-state index in [0.29, 0.717) is 0 Å². The van der Waals surface area contributed by atoms with Crippen molar-refractivity contribution in [3.63, 3.8) is 0 Å². The van der Waals surface area contributed by atoms with Gasteiger partial charge in [-0.15, -0.1) is 11.3 Å². The third-order valence-electron chi connectivity index (χ3n) is 1.73. The van der Waals surface area contributed by atoms with E-state index in [9.17, 15) is 0 Å². The smallest absolute Gasteiger partial charge is 0.0345 e. The third-order valence-corrected chi connectivity index (χ3v) is 3.08. The lowest BCUT2D eigenvalue weighted by Gasteiger charge is -1.90. The molecule has 2 aromatic rings. The first-order valence-corrected chi connectivity index (χ1v) is 4.99. The zero-order valence-corrected chi connectivity index (χ0v) is 7.66. The molecule has 1 heterocycles. The van der Waals surface area contributed by atoms with Crippen LogP contribution < -0.4 is 0 Å². The van der Waals surface area contributed by atoms with Gasteiger partial charge in [-0.3, -0.25) is 0 Å². The molecule has 11 heavy (non-hydrogen) atoms. The molecule has 0 amide bonds. The number of benzene rings is 1. The van der Waals surface area contributed by atoms with E-state index >= 15 is 0 Å². The van der Waals surface area contributed by atoms with Crippen molar-refractivity contribution in [2.24, 2.45) is 0 Å². The van der Waals surface area contributed by atoms with Crippen LogP contribution in [0.3, 0.4) is 0 Å². The Kier molecular flexibility index (Phi) is 1.88. The van der Waals surface area contributed by atoms with Crippen molar-refractivity contribution in [3.8, 4) is 0 Å². The highest BCUT2D eigenvalue weighted by Gasteiger charge is 1.99. The van der Waals surface area contributed by atoms with Crippen molar-refractivity contribution in [2.75, 3.05) is 0 Å². The van der Waals surface area contributed by atoms with Gasteiger partial charge in [-0.25, -0.2) is 0 Å². The summed E-state index contributed by atoms with van der Waals surface area (Å²) in [6, 6.07) is 8.44. The number of thiol groups is 1. The number of rotatable bonds is 1. The Morgan fingerprint density at radius 2 is 2.09 bits per heavy atom. The molecular formula is C9H8S2. The van der Waals surface area contributed by atoms with Crippen molar-refractivity contribution in [2.45, 2.75) is 5.75 Å². The lowest BCUT2D eigenvalue weighted by Crippen LogP contribution is -1.70. The summed E-state index contributed by atoms with van der Waals surface area (Å²) in [6.45, 7) is 0. The van der Waals surface area contributed by atoms with Gasteiger partial charge in [0, 0.05) is 10.5 Å². The quantitative estimate of drug-likeness (QED) is 0.639. The van der Waals surface area contributed by atoms with E-state index in [1.54, 1.807) is 11.3 Å². The fraction of sp³-hybridized carbons (Fsp3) is 0.111. The molecule has 0 N–H and O–H groups in total. The van der Waals surface area contributed by atoms with Crippen LogP contribution >= 0.6 is 24.0 Å². The van der Waals surface area contributed by atoms with Crippen LogP contribution in [0, 0.1) is 0 Å². The van der Waals surface area contributed by atoms with Gasteiger partial charge in [0.1, 0.15) is 0 Å². The van der Waals surface area contributed by atoms with E-state index < -0.39 is 0 Å². The molecule has 0 fully saturated rings. The van der Waals surface area contributed by atoms with Crippen LogP contribution in [0.4, 0.5) is 0 Å². The third kappa shape index (κ3) is 1.17. The van der Waals surface area contributed by atoms with E-state index in [-0.39, 0.29) is 0 Å². The highest BCUT2D eigenvalue weighted by Crippen LogP contribution is 2.26. The maximum Gasteiger partial charge on any atom is 0.0345 e. The Hall–Kier alpha value is -0.470. The van der Waals surface area contributed by atoms with Gasteiger partial charge in [0.25, 0.3) is 0 Å². The monoisotopic (exact) mass is 180 g/mol. The standard InChI is InChI=1S/C9H8S2/c10-5-7-6-11-9-4-2-1-3-8(7)9/h1-4,6,10H,5H2. The second-order valence-corrected chi connectivity index (χ2v) is 3.64. The molecule has 0 aliphatic heterocycles. The molecule has 1 aromatic carbocycles. The van der Waals surface area contributed by atoms with E-state index in [0.717, 1.165) is 5.75 Å². The summed E-state index contributed by atoms with van der Waals surface area (Å²) in [7, 11) is 0. The Bertz CT molecular complexity index is 362. The van der Waals surface area contributed by atoms with Gasteiger partial charge >= 0.3 is 0 Å². The first kappa shape index (κ1) is 7.19. The molecule has 0 spiro atoms. The van der Waals surface area contributed by atoms with Crippen molar-refractivity contribution in [1.82, 2.24) is 0 Å². The Morgan fingerprint density at radius 3 is 2.91 bits per heavy atom. The maximum absolute atomic E-state index is 4.26. The molecule has 0 atom stereocenters. The van der Waals surface area contributed by atoms with Crippen molar-refractivity contribution in [3.05, 3.63) is 35.2 Å². The lowest BCUT2D eigenvalue weighted by atomic mass is 10.2. The van der Waals surface area contributed by atoms with Crippen LogP contribution in [-0.2, 0) is 5.75 Å². The first-order valence-electron chi connectivity index (χ1n) is 3.48. The average Bonchev–Trinajstić information content (AvgIpc) is 2.47. The Labute approximate surface area is 75.3 Å². The maximum atomic E-state index is 4.26. The molecule has 2 heteroatoms. The number of hydrogen-bond donors (Lipinski definition) is 1. The molecular weight excluding hydrogens is 172 g/mol.